The van der Waals surface area contributed by atoms with Gasteiger partial charge in [0.2, 0.25) is 0 Å². The van der Waals surface area contributed by atoms with Crippen LogP contribution in [-0.2, 0) is 4.74 Å². The Kier molecular flexibility index (Phi) is 4.40. The van der Waals surface area contributed by atoms with Crippen LogP contribution in [0.1, 0.15) is 13.3 Å². The molecule has 0 radical (unpaired) electrons. The standard InChI is InChI=1S/C11H16FNO/c1-3-9(8-14-2)13-11-7-5-4-6-10(11)12/h4-7,9,13H,3,8H2,1-2H3. The lowest BCUT2D eigenvalue weighted by Gasteiger charge is -2.17. The van der Waals surface area contributed by atoms with Crippen molar-refractivity contribution in [3.05, 3.63) is 30.1 Å². The van der Waals surface area contributed by atoms with Gasteiger partial charge in [0.05, 0.1) is 12.3 Å². The van der Waals surface area contributed by atoms with Gasteiger partial charge in [-0.1, -0.05) is 19.1 Å². The number of para-hydroxylation sites is 1. The summed E-state index contributed by atoms with van der Waals surface area (Å²) in [6, 6.07) is 6.83. The average Bonchev–Trinajstić information content (AvgIpc) is 2.20. The van der Waals surface area contributed by atoms with Crippen LogP contribution in [0.5, 0.6) is 0 Å². The molecule has 1 atom stereocenters. The maximum atomic E-state index is 13.2. The molecule has 0 aromatic heterocycles. The first kappa shape index (κ1) is 11.0. The Morgan fingerprint density at radius 3 is 2.71 bits per heavy atom. The zero-order valence-electron chi connectivity index (χ0n) is 8.59. The molecule has 0 aliphatic rings. The second kappa shape index (κ2) is 5.60. The number of anilines is 1. The Morgan fingerprint density at radius 2 is 2.14 bits per heavy atom. The quantitative estimate of drug-likeness (QED) is 0.783. The summed E-state index contributed by atoms with van der Waals surface area (Å²) >= 11 is 0. The van der Waals surface area contributed by atoms with Gasteiger partial charge in [0.15, 0.2) is 0 Å². The molecule has 1 N–H and O–H groups in total. The molecule has 14 heavy (non-hydrogen) atoms. The van der Waals surface area contributed by atoms with Crippen LogP contribution < -0.4 is 5.32 Å². The molecule has 0 spiro atoms. The van der Waals surface area contributed by atoms with Gasteiger partial charge in [-0.3, -0.25) is 0 Å². The highest BCUT2D eigenvalue weighted by Crippen LogP contribution is 2.14. The van der Waals surface area contributed by atoms with E-state index in [-0.39, 0.29) is 11.9 Å². The maximum Gasteiger partial charge on any atom is 0.146 e. The van der Waals surface area contributed by atoms with Gasteiger partial charge in [-0.05, 0) is 18.6 Å². The van der Waals surface area contributed by atoms with Crippen LogP contribution in [0.15, 0.2) is 24.3 Å². The van der Waals surface area contributed by atoms with Gasteiger partial charge >= 0.3 is 0 Å². The van der Waals surface area contributed by atoms with Gasteiger partial charge in [0.25, 0.3) is 0 Å². The Morgan fingerprint density at radius 1 is 1.43 bits per heavy atom. The number of rotatable bonds is 5. The van der Waals surface area contributed by atoms with E-state index in [2.05, 4.69) is 5.32 Å². The molecule has 0 bridgehead atoms. The third kappa shape index (κ3) is 3.00. The normalized spacial score (nSPS) is 12.5. The van der Waals surface area contributed by atoms with Crippen molar-refractivity contribution in [2.24, 2.45) is 0 Å². The van der Waals surface area contributed by atoms with E-state index in [0.717, 1.165) is 6.42 Å². The van der Waals surface area contributed by atoms with Gasteiger partial charge in [-0.2, -0.15) is 0 Å². The van der Waals surface area contributed by atoms with Crippen LogP contribution >= 0.6 is 0 Å². The molecule has 0 aliphatic carbocycles. The van der Waals surface area contributed by atoms with E-state index in [1.54, 1.807) is 19.2 Å². The number of nitrogens with one attached hydrogen (secondary N) is 1. The molecule has 0 amide bonds. The molecule has 0 heterocycles. The summed E-state index contributed by atoms with van der Waals surface area (Å²) in [5.41, 5.74) is 0.538. The summed E-state index contributed by atoms with van der Waals surface area (Å²) in [7, 11) is 1.64. The fraction of sp³-hybridized carbons (Fsp3) is 0.455. The molecule has 1 rings (SSSR count). The predicted octanol–water partition coefficient (Wildman–Crippen LogP) is 2.66. The Bertz CT molecular complexity index is 278. The zero-order chi connectivity index (χ0) is 10.4. The minimum Gasteiger partial charge on any atom is -0.383 e. The van der Waals surface area contributed by atoms with Crippen molar-refractivity contribution >= 4 is 5.69 Å². The first-order chi connectivity index (χ1) is 6.77. The second-order valence-corrected chi connectivity index (χ2v) is 3.18. The number of ether oxygens (including phenoxy) is 1. The van der Waals surface area contributed by atoms with E-state index in [4.69, 9.17) is 4.74 Å². The molecule has 1 aromatic carbocycles. The lowest BCUT2D eigenvalue weighted by molar-refractivity contribution is 0.184. The lowest BCUT2D eigenvalue weighted by Crippen LogP contribution is -2.24. The van der Waals surface area contributed by atoms with Crippen molar-refractivity contribution in [1.29, 1.82) is 0 Å². The molecule has 0 fully saturated rings. The average molecular weight is 197 g/mol. The smallest absolute Gasteiger partial charge is 0.146 e. The molecule has 0 saturated carbocycles. The lowest BCUT2D eigenvalue weighted by atomic mass is 10.2. The van der Waals surface area contributed by atoms with Gasteiger partial charge in [-0.25, -0.2) is 4.39 Å². The highest BCUT2D eigenvalue weighted by Gasteiger charge is 2.07. The van der Waals surface area contributed by atoms with E-state index in [1.807, 2.05) is 13.0 Å². The number of hydrogen-bond donors (Lipinski definition) is 1. The van der Waals surface area contributed by atoms with E-state index in [1.165, 1.54) is 6.07 Å². The van der Waals surface area contributed by atoms with Crippen LogP contribution in [0.2, 0.25) is 0 Å². The van der Waals surface area contributed by atoms with Crippen molar-refractivity contribution < 1.29 is 9.13 Å². The third-order valence-electron chi connectivity index (χ3n) is 2.09. The highest BCUT2D eigenvalue weighted by atomic mass is 19.1. The van der Waals surface area contributed by atoms with Crippen LogP contribution in [-0.4, -0.2) is 19.8 Å². The van der Waals surface area contributed by atoms with Gasteiger partial charge in [0.1, 0.15) is 5.82 Å². The van der Waals surface area contributed by atoms with Crippen molar-refractivity contribution in [3.63, 3.8) is 0 Å². The number of methoxy groups -OCH3 is 1. The summed E-state index contributed by atoms with van der Waals surface area (Å²) < 4.78 is 18.2. The highest BCUT2D eigenvalue weighted by molar-refractivity contribution is 5.45. The zero-order valence-corrected chi connectivity index (χ0v) is 8.59. The molecule has 3 heteroatoms. The summed E-state index contributed by atoms with van der Waals surface area (Å²) in [6.07, 6.45) is 0.905. The third-order valence-corrected chi connectivity index (χ3v) is 2.09. The van der Waals surface area contributed by atoms with E-state index in [9.17, 15) is 4.39 Å². The molecular formula is C11H16FNO. The molecule has 1 aromatic rings. The Balaban J connectivity index is 2.62. The SMILES string of the molecule is CCC(COC)Nc1ccccc1F. The summed E-state index contributed by atoms with van der Waals surface area (Å²) in [5.74, 6) is -0.220. The largest absolute Gasteiger partial charge is 0.383 e. The minimum atomic E-state index is -0.220. The first-order valence-corrected chi connectivity index (χ1v) is 4.78. The van der Waals surface area contributed by atoms with Gasteiger partial charge < -0.3 is 10.1 Å². The van der Waals surface area contributed by atoms with Crippen molar-refractivity contribution in [3.8, 4) is 0 Å². The number of benzene rings is 1. The first-order valence-electron chi connectivity index (χ1n) is 4.78. The van der Waals surface area contributed by atoms with Crippen molar-refractivity contribution in [2.45, 2.75) is 19.4 Å². The molecule has 78 valence electrons. The van der Waals surface area contributed by atoms with E-state index >= 15 is 0 Å². The summed E-state index contributed by atoms with van der Waals surface area (Å²) in [4.78, 5) is 0. The maximum absolute atomic E-state index is 13.2. The Labute approximate surface area is 84.1 Å². The Hall–Kier alpha value is -1.09. The topological polar surface area (TPSA) is 21.3 Å². The fourth-order valence-corrected chi connectivity index (χ4v) is 1.26. The van der Waals surface area contributed by atoms with Crippen LogP contribution in [0.4, 0.5) is 10.1 Å². The second-order valence-electron chi connectivity index (χ2n) is 3.18. The van der Waals surface area contributed by atoms with Crippen LogP contribution in [0.25, 0.3) is 0 Å². The molecule has 1 unspecified atom stereocenters. The van der Waals surface area contributed by atoms with Crippen molar-refractivity contribution in [1.82, 2.24) is 0 Å². The molecule has 0 aliphatic heterocycles. The van der Waals surface area contributed by atoms with E-state index in [0.29, 0.717) is 12.3 Å². The van der Waals surface area contributed by atoms with Crippen LogP contribution in [0.3, 0.4) is 0 Å². The number of hydrogen-bond acceptors (Lipinski definition) is 2. The molecule has 0 saturated heterocycles. The monoisotopic (exact) mass is 197 g/mol. The summed E-state index contributed by atoms with van der Waals surface area (Å²) in [5, 5.41) is 3.10. The molecular weight excluding hydrogens is 181 g/mol. The van der Waals surface area contributed by atoms with Gasteiger partial charge in [0, 0.05) is 13.2 Å². The minimum absolute atomic E-state index is 0.164. The van der Waals surface area contributed by atoms with E-state index < -0.39 is 0 Å². The van der Waals surface area contributed by atoms with Crippen LogP contribution in [0, 0.1) is 5.82 Å². The van der Waals surface area contributed by atoms with Gasteiger partial charge in [-0.15, -0.1) is 0 Å². The van der Waals surface area contributed by atoms with Crippen molar-refractivity contribution in [2.75, 3.05) is 19.0 Å². The fourth-order valence-electron chi connectivity index (χ4n) is 1.26. The predicted molar refractivity (Wildman–Crippen MR) is 56.0 cm³/mol. The summed E-state index contributed by atoms with van der Waals surface area (Å²) in [6.45, 7) is 2.63. The molecule has 2 nitrogen and oxygen atoms in total. The number of halogens is 1.